The van der Waals surface area contributed by atoms with Crippen LogP contribution in [0.1, 0.15) is 41.8 Å². The minimum absolute atomic E-state index is 0.163. The number of ketones is 1. The van der Waals surface area contributed by atoms with Crippen LogP contribution in [0.25, 0.3) is 0 Å². The lowest BCUT2D eigenvalue weighted by Gasteiger charge is -2.16. The van der Waals surface area contributed by atoms with Crippen molar-refractivity contribution >= 4 is 5.78 Å². The fraction of sp³-hybridized carbons (Fsp3) is 0.500. The van der Waals surface area contributed by atoms with Crippen LogP contribution in [0, 0.1) is 19.7 Å². The highest BCUT2D eigenvalue weighted by Gasteiger charge is 2.23. The Kier molecular flexibility index (Phi) is 4.82. The Labute approximate surface area is 102 Å². The van der Waals surface area contributed by atoms with Crippen molar-refractivity contribution in [3.8, 4) is 0 Å². The zero-order chi connectivity index (χ0) is 13.0. The van der Waals surface area contributed by atoms with Crippen molar-refractivity contribution in [2.75, 3.05) is 6.61 Å². The molecule has 1 unspecified atom stereocenters. The van der Waals surface area contributed by atoms with Crippen LogP contribution >= 0.6 is 0 Å². The summed E-state index contributed by atoms with van der Waals surface area (Å²) in [5, 5.41) is 0. The van der Waals surface area contributed by atoms with Gasteiger partial charge in [-0.1, -0.05) is 13.0 Å². The predicted molar refractivity (Wildman–Crippen MR) is 65.9 cm³/mol. The normalized spacial score (nSPS) is 12.5. The van der Waals surface area contributed by atoms with Crippen LogP contribution in [-0.4, -0.2) is 18.5 Å². The highest BCUT2D eigenvalue weighted by molar-refractivity contribution is 6.01. The van der Waals surface area contributed by atoms with E-state index >= 15 is 0 Å². The minimum atomic E-state index is -0.545. The molecule has 0 saturated heterocycles. The number of hydrogen-bond acceptors (Lipinski definition) is 2. The van der Waals surface area contributed by atoms with Gasteiger partial charge in [-0.25, -0.2) is 4.39 Å². The molecular formula is C14H19FO2. The number of rotatable bonds is 5. The van der Waals surface area contributed by atoms with E-state index < -0.39 is 11.9 Å². The number of Topliss-reactive ketones (excluding diaryl/α,β-unsaturated/α-hetero) is 1. The maximum Gasteiger partial charge on any atom is 0.194 e. The van der Waals surface area contributed by atoms with Crippen molar-refractivity contribution in [2.24, 2.45) is 0 Å². The SMILES string of the molecule is CCOC(CC)C(=O)c1c(C)cc(C)cc1F. The van der Waals surface area contributed by atoms with Gasteiger partial charge in [0.25, 0.3) is 0 Å². The largest absolute Gasteiger partial charge is 0.370 e. The first-order chi connectivity index (χ1) is 8.01. The van der Waals surface area contributed by atoms with Crippen LogP contribution in [0.5, 0.6) is 0 Å². The molecule has 0 saturated carbocycles. The third kappa shape index (κ3) is 3.13. The van der Waals surface area contributed by atoms with E-state index in [1.807, 2.05) is 26.8 Å². The molecule has 1 aromatic carbocycles. The summed E-state index contributed by atoms with van der Waals surface area (Å²) in [7, 11) is 0. The zero-order valence-electron chi connectivity index (χ0n) is 10.8. The quantitative estimate of drug-likeness (QED) is 0.734. The zero-order valence-corrected chi connectivity index (χ0v) is 10.8. The van der Waals surface area contributed by atoms with E-state index in [1.165, 1.54) is 6.07 Å². The van der Waals surface area contributed by atoms with Gasteiger partial charge in [0.1, 0.15) is 11.9 Å². The third-order valence-corrected chi connectivity index (χ3v) is 2.71. The van der Waals surface area contributed by atoms with E-state index in [1.54, 1.807) is 6.92 Å². The molecule has 0 heterocycles. The van der Waals surface area contributed by atoms with Crippen LogP contribution < -0.4 is 0 Å². The highest BCUT2D eigenvalue weighted by Crippen LogP contribution is 2.19. The van der Waals surface area contributed by atoms with Gasteiger partial charge >= 0.3 is 0 Å². The Bertz CT molecular complexity index is 390. The lowest BCUT2D eigenvalue weighted by Crippen LogP contribution is -2.25. The van der Waals surface area contributed by atoms with Gasteiger partial charge in [0, 0.05) is 6.61 Å². The van der Waals surface area contributed by atoms with Crippen molar-refractivity contribution in [3.63, 3.8) is 0 Å². The molecule has 0 fully saturated rings. The maximum atomic E-state index is 13.8. The average molecular weight is 238 g/mol. The van der Waals surface area contributed by atoms with Crippen LogP contribution in [0.15, 0.2) is 12.1 Å². The molecule has 0 aliphatic rings. The fourth-order valence-corrected chi connectivity index (χ4v) is 1.97. The number of aryl methyl sites for hydroxylation is 2. The Balaban J connectivity index is 3.11. The molecule has 17 heavy (non-hydrogen) atoms. The summed E-state index contributed by atoms with van der Waals surface area (Å²) in [5.41, 5.74) is 1.66. The topological polar surface area (TPSA) is 26.3 Å². The number of benzene rings is 1. The lowest BCUT2D eigenvalue weighted by atomic mass is 9.97. The summed E-state index contributed by atoms with van der Waals surface area (Å²) in [6.07, 6.45) is 0.00953. The maximum absolute atomic E-state index is 13.8. The van der Waals surface area contributed by atoms with E-state index in [0.29, 0.717) is 18.6 Å². The number of hydrogen-bond donors (Lipinski definition) is 0. The number of carbonyl (C=O) groups is 1. The summed E-state index contributed by atoms with van der Waals surface area (Å²) in [5.74, 6) is -0.713. The molecule has 0 bridgehead atoms. The molecule has 2 nitrogen and oxygen atoms in total. The Morgan fingerprint density at radius 1 is 1.35 bits per heavy atom. The summed E-state index contributed by atoms with van der Waals surface area (Å²) in [6.45, 7) is 7.71. The minimum Gasteiger partial charge on any atom is -0.370 e. The van der Waals surface area contributed by atoms with Crippen LogP contribution in [0.2, 0.25) is 0 Å². The van der Waals surface area contributed by atoms with Crippen molar-refractivity contribution in [1.29, 1.82) is 0 Å². The molecule has 94 valence electrons. The Morgan fingerprint density at radius 3 is 2.47 bits per heavy atom. The number of halogens is 1. The standard InChI is InChI=1S/C14H19FO2/c1-5-12(17-6-2)14(16)13-10(4)7-9(3)8-11(13)15/h7-8,12H,5-6H2,1-4H3. The highest BCUT2D eigenvalue weighted by atomic mass is 19.1. The van der Waals surface area contributed by atoms with Gasteiger partial charge in [-0.2, -0.15) is 0 Å². The van der Waals surface area contributed by atoms with Crippen molar-refractivity contribution in [2.45, 2.75) is 40.2 Å². The molecule has 1 aromatic rings. The second-order valence-corrected chi connectivity index (χ2v) is 4.16. The second kappa shape index (κ2) is 5.92. The van der Waals surface area contributed by atoms with Gasteiger partial charge in [-0.3, -0.25) is 4.79 Å². The molecule has 0 amide bonds. The Hall–Kier alpha value is -1.22. The molecule has 0 aliphatic carbocycles. The smallest absolute Gasteiger partial charge is 0.194 e. The molecule has 0 N–H and O–H groups in total. The van der Waals surface area contributed by atoms with E-state index in [0.717, 1.165) is 5.56 Å². The van der Waals surface area contributed by atoms with Crippen LogP contribution in [0.3, 0.4) is 0 Å². The first-order valence-electron chi connectivity index (χ1n) is 5.93. The van der Waals surface area contributed by atoms with E-state index in [2.05, 4.69) is 0 Å². The lowest BCUT2D eigenvalue weighted by molar-refractivity contribution is 0.0439. The number of ether oxygens (including phenoxy) is 1. The first-order valence-corrected chi connectivity index (χ1v) is 5.93. The molecule has 0 aliphatic heterocycles. The fourth-order valence-electron chi connectivity index (χ4n) is 1.97. The molecule has 0 aromatic heterocycles. The molecule has 1 rings (SSSR count). The molecule has 1 atom stereocenters. The molecular weight excluding hydrogens is 219 g/mol. The van der Waals surface area contributed by atoms with Gasteiger partial charge < -0.3 is 4.74 Å². The predicted octanol–water partition coefficient (Wildman–Crippen LogP) is 3.44. The van der Waals surface area contributed by atoms with Gasteiger partial charge in [-0.05, 0) is 44.4 Å². The summed E-state index contributed by atoms with van der Waals surface area (Å²) >= 11 is 0. The van der Waals surface area contributed by atoms with E-state index in [-0.39, 0.29) is 11.3 Å². The van der Waals surface area contributed by atoms with Crippen LogP contribution in [-0.2, 0) is 4.74 Å². The van der Waals surface area contributed by atoms with Gasteiger partial charge in [0.05, 0.1) is 5.56 Å². The second-order valence-electron chi connectivity index (χ2n) is 4.16. The molecule has 0 radical (unpaired) electrons. The van der Waals surface area contributed by atoms with E-state index in [9.17, 15) is 9.18 Å². The molecule has 0 spiro atoms. The van der Waals surface area contributed by atoms with Gasteiger partial charge in [0.15, 0.2) is 5.78 Å². The Morgan fingerprint density at radius 2 is 2.00 bits per heavy atom. The van der Waals surface area contributed by atoms with Gasteiger partial charge in [-0.15, -0.1) is 0 Å². The summed E-state index contributed by atoms with van der Waals surface area (Å²) < 4.78 is 19.2. The summed E-state index contributed by atoms with van der Waals surface area (Å²) in [4.78, 5) is 12.2. The van der Waals surface area contributed by atoms with Crippen molar-refractivity contribution in [1.82, 2.24) is 0 Å². The third-order valence-electron chi connectivity index (χ3n) is 2.71. The van der Waals surface area contributed by atoms with Crippen molar-refractivity contribution < 1.29 is 13.9 Å². The molecule has 3 heteroatoms. The number of carbonyl (C=O) groups excluding carboxylic acids is 1. The first kappa shape index (κ1) is 13.8. The summed E-state index contributed by atoms with van der Waals surface area (Å²) in [6, 6.07) is 3.20. The van der Waals surface area contributed by atoms with E-state index in [4.69, 9.17) is 4.74 Å². The monoisotopic (exact) mass is 238 g/mol. The van der Waals surface area contributed by atoms with Gasteiger partial charge in [0.2, 0.25) is 0 Å². The van der Waals surface area contributed by atoms with Crippen LogP contribution in [0.4, 0.5) is 4.39 Å². The average Bonchev–Trinajstić information content (AvgIpc) is 2.24. The van der Waals surface area contributed by atoms with Crippen molar-refractivity contribution in [3.05, 3.63) is 34.6 Å².